The van der Waals surface area contributed by atoms with Crippen molar-refractivity contribution in [2.45, 2.75) is 18.4 Å². The van der Waals surface area contributed by atoms with Crippen LogP contribution in [0.25, 0.3) is 0 Å². The van der Waals surface area contributed by atoms with E-state index < -0.39 is 6.10 Å². The van der Waals surface area contributed by atoms with Crippen molar-refractivity contribution in [1.82, 2.24) is 9.78 Å². The van der Waals surface area contributed by atoms with Crippen molar-refractivity contribution in [3.63, 3.8) is 0 Å². The van der Waals surface area contributed by atoms with Crippen LogP contribution in [0.5, 0.6) is 0 Å². The van der Waals surface area contributed by atoms with Gasteiger partial charge in [-0.15, -0.1) is 0 Å². The van der Waals surface area contributed by atoms with Gasteiger partial charge < -0.3 is 5.11 Å². The van der Waals surface area contributed by atoms with Gasteiger partial charge in [-0.25, -0.2) is 0 Å². The Kier molecular flexibility index (Phi) is 2.07. The van der Waals surface area contributed by atoms with E-state index in [9.17, 15) is 5.11 Å². The third kappa shape index (κ3) is 1.28. The lowest BCUT2D eigenvalue weighted by Gasteiger charge is -2.33. The number of aliphatic hydroxyl groups excluding tert-OH is 1. The van der Waals surface area contributed by atoms with E-state index in [0.29, 0.717) is 0 Å². The number of aryl methyl sites for hydroxylation is 1. The lowest BCUT2D eigenvalue weighted by molar-refractivity contribution is 0.126. The molecule has 3 nitrogen and oxygen atoms in total. The minimum Gasteiger partial charge on any atom is -0.386 e. The number of benzene rings is 1. The minimum atomic E-state index is -0.442. The van der Waals surface area contributed by atoms with Gasteiger partial charge in [-0.2, -0.15) is 5.10 Å². The monoisotopic (exact) mass is 214 g/mol. The molecule has 1 aliphatic carbocycles. The molecule has 1 N–H and O–H groups in total. The van der Waals surface area contributed by atoms with Crippen LogP contribution in [0, 0.1) is 0 Å². The zero-order valence-electron chi connectivity index (χ0n) is 9.17. The molecule has 16 heavy (non-hydrogen) atoms. The molecule has 0 radical (unpaired) electrons. The highest BCUT2D eigenvalue weighted by Gasteiger charge is 2.33. The van der Waals surface area contributed by atoms with Gasteiger partial charge in [-0.3, -0.25) is 4.68 Å². The summed E-state index contributed by atoms with van der Waals surface area (Å²) in [5, 5.41) is 14.4. The van der Waals surface area contributed by atoms with Gasteiger partial charge in [0.1, 0.15) is 6.10 Å². The Labute approximate surface area is 94.3 Å². The fraction of sp³-hybridized carbons (Fsp3) is 0.308. The highest BCUT2D eigenvalue weighted by molar-refractivity contribution is 5.41. The number of hydrogen-bond acceptors (Lipinski definition) is 2. The minimum absolute atomic E-state index is 0.228. The van der Waals surface area contributed by atoms with E-state index in [2.05, 4.69) is 17.2 Å². The molecule has 1 aromatic heterocycles. The molecule has 82 valence electrons. The average molecular weight is 214 g/mol. The van der Waals surface area contributed by atoms with E-state index in [1.54, 1.807) is 10.9 Å². The summed E-state index contributed by atoms with van der Waals surface area (Å²) in [5.41, 5.74) is 3.52. The fourth-order valence-corrected chi connectivity index (χ4v) is 2.46. The van der Waals surface area contributed by atoms with Crippen LogP contribution >= 0.6 is 0 Å². The molecule has 0 saturated heterocycles. The van der Waals surface area contributed by atoms with Crippen molar-refractivity contribution in [3.05, 3.63) is 53.3 Å². The predicted octanol–water partition coefficient (Wildman–Crippen LogP) is 1.79. The van der Waals surface area contributed by atoms with Gasteiger partial charge in [-0.05, 0) is 23.6 Å². The van der Waals surface area contributed by atoms with Gasteiger partial charge in [0.05, 0.1) is 5.69 Å². The van der Waals surface area contributed by atoms with Crippen molar-refractivity contribution in [1.29, 1.82) is 0 Å². The molecular weight excluding hydrogens is 200 g/mol. The van der Waals surface area contributed by atoms with Crippen LogP contribution < -0.4 is 0 Å². The van der Waals surface area contributed by atoms with Crippen molar-refractivity contribution >= 4 is 0 Å². The van der Waals surface area contributed by atoms with E-state index in [0.717, 1.165) is 12.1 Å². The van der Waals surface area contributed by atoms with E-state index in [1.807, 2.05) is 25.2 Å². The maximum Gasteiger partial charge on any atom is 0.103 e. The Balaban J connectivity index is 1.90. The van der Waals surface area contributed by atoms with Gasteiger partial charge in [0.15, 0.2) is 0 Å². The summed E-state index contributed by atoms with van der Waals surface area (Å²) in [6.07, 6.45) is 2.24. The Morgan fingerprint density at radius 1 is 1.38 bits per heavy atom. The Bertz CT molecular complexity index is 518. The molecule has 0 aliphatic heterocycles. The van der Waals surface area contributed by atoms with E-state index >= 15 is 0 Å². The number of aromatic nitrogens is 2. The third-order valence-corrected chi connectivity index (χ3v) is 3.44. The van der Waals surface area contributed by atoms with Crippen LogP contribution in [-0.2, 0) is 13.5 Å². The molecule has 3 heteroatoms. The van der Waals surface area contributed by atoms with Crippen LogP contribution in [0.15, 0.2) is 36.5 Å². The van der Waals surface area contributed by atoms with Crippen molar-refractivity contribution in [3.8, 4) is 0 Å². The number of rotatable bonds is 2. The summed E-state index contributed by atoms with van der Waals surface area (Å²) in [6.45, 7) is 0. The first-order chi connectivity index (χ1) is 7.77. The second-order valence-electron chi connectivity index (χ2n) is 4.33. The Hall–Kier alpha value is -1.61. The fourth-order valence-electron chi connectivity index (χ4n) is 2.46. The first-order valence-electron chi connectivity index (χ1n) is 5.51. The molecule has 3 rings (SSSR count). The maximum atomic E-state index is 10.3. The quantitative estimate of drug-likeness (QED) is 0.827. The summed E-state index contributed by atoms with van der Waals surface area (Å²) < 4.78 is 1.74. The SMILES string of the molecule is Cn1nccc1C(O)C1Cc2ccccc21. The van der Waals surface area contributed by atoms with E-state index in [1.165, 1.54) is 11.1 Å². The summed E-state index contributed by atoms with van der Waals surface area (Å²) in [7, 11) is 1.86. The molecule has 0 saturated carbocycles. The van der Waals surface area contributed by atoms with Gasteiger partial charge in [0, 0.05) is 19.2 Å². The topological polar surface area (TPSA) is 38.0 Å². The zero-order valence-corrected chi connectivity index (χ0v) is 9.17. The second-order valence-corrected chi connectivity index (χ2v) is 4.33. The molecule has 0 bridgehead atoms. The Morgan fingerprint density at radius 2 is 2.19 bits per heavy atom. The molecule has 1 heterocycles. The molecule has 1 aromatic carbocycles. The highest BCUT2D eigenvalue weighted by atomic mass is 16.3. The normalized spacial score (nSPS) is 20.0. The van der Waals surface area contributed by atoms with Crippen LogP contribution in [0.4, 0.5) is 0 Å². The number of aliphatic hydroxyl groups is 1. The average Bonchev–Trinajstić information content (AvgIpc) is 2.66. The van der Waals surface area contributed by atoms with Gasteiger partial charge >= 0.3 is 0 Å². The van der Waals surface area contributed by atoms with Gasteiger partial charge in [-0.1, -0.05) is 24.3 Å². The number of fused-ring (bicyclic) bond motifs is 1. The maximum absolute atomic E-state index is 10.3. The number of nitrogens with zero attached hydrogens (tertiary/aromatic N) is 2. The van der Waals surface area contributed by atoms with Crippen molar-refractivity contribution in [2.75, 3.05) is 0 Å². The highest BCUT2D eigenvalue weighted by Crippen LogP contribution is 2.42. The molecule has 0 spiro atoms. The summed E-state index contributed by atoms with van der Waals surface area (Å²) in [4.78, 5) is 0. The lowest BCUT2D eigenvalue weighted by Crippen LogP contribution is -2.24. The third-order valence-electron chi connectivity index (χ3n) is 3.44. The van der Waals surface area contributed by atoms with Gasteiger partial charge in [0.2, 0.25) is 0 Å². The Morgan fingerprint density at radius 3 is 2.88 bits per heavy atom. The first kappa shape index (κ1) is 9.60. The zero-order chi connectivity index (χ0) is 11.1. The van der Waals surface area contributed by atoms with E-state index in [-0.39, 0.29) is 5.92 Å². The van der Waals surface area contributed by atoms with Gasteiger partial charge in [0.25, 0.3) is 0 Å². The molecular formula is C13H14N2O. The van der Waals surface area contributed by atoms with Crippen LogP contribution in [0.2, 0.25) is 0 Å². The summed E-state index contributed by atoms with van der Waals surface area (Å²) >= 11 is 0. The smallest absolute Gasteiger partial charge is 0.103 e. The lowest BCUT2D eigenvalue weighted by atomic mass is 9.74. The molecule has 0 fully saturated rings. The van der Waals surface area contributed by atoms with Crippen LogP contribution in [0.3, 0.4) is 0 Å². The largest absolute Gasteiger partial charge is 0.386 e. The summed E-state index contributed by atoms with van der Waals surface area (Å²) in [6, 6.07) is 10.2. The molecule has 2 unspecified atom stereocenters. The van der Waals surface area contributed by atoms with Crippen LogP contribution in [0.1, 0.15) is 28.8 Å². The molecule has 2 aromatic rings. The van der Waals surface area contributed by atoms with E-state index in [4.69, 9.17) is 0 Å². The summed E-state index contributed by atoms with van der Waals surface area (Å²) in [5.74, 6) is 0.228. The number of hydrogen-bond donors (Lipinski definition) is 1. The predicted molar refractivity (Wildman–Crippen MR) is 61.1 cm³/mol. The molecule has 1 aliphatic rings. The first-order valence-corrected chi connectivity index (χ1v) is 5.51. The standard InChI is InChI=1S/C13H14N2O/c1-15-12(6-7-14-15)13(16)11-8-9-4-2-3-5-10(9)11/h2-7,11,13,16H,8H2,1H3. The molecule has 0 amide bonds. The van der Waals surface area contributed by atoms with Crippen molar-refractivity contribution in [2.24, 2.45) is 7.05 Å². The van der Waals surface area contributed by atoms with Crippen molar-refractivity contribution < 1.29 is 5.11 Å². The van der Waals surface area contributed by atoms with Crippen LogP contribution in [-0.4, -0.2) is 14.9 Å². The second kappa shape index (κ2) is 3.46. The molecule has 2 atom stereocenters.